The molecule has 0 aliphatic heterocycles. The first-order valence-electron chi connectivity index (χ1n) is 14.7. The third-order valence-electron chi connectivity index (χ3n) is 7.61. The van der Waals surface area contributed by atoms with Crippen LogP contribution in [0.3, 0.4) is 0 Å². The number of nitrogens with one attached hydrogen (secondary N) is 1. The number of benzene rings is 3. The van der Waals surface area contributed by atoms with Gasteiger partial charge in [0.2, 0.25) is 11.8 Å². The summed E-state index contributed by atoms with van der Waals surface area (Å²) in [6, 6.07) is 22.0. The van der Waals surface area contributed by atoms with Crippen LogP contribution in [0.25, 0.3) is 0 Å². The lowest BCUT2D eigenvalue weighted by Crippen LogP contribution is -2.53. The zero-order valence-electron chi connectivity index (χ0n) is 24.7. The number of hydrogen-bond acceptors (Lipinski definition) is 5. The summed E-state index contributed by atoms with van der Waals surface area (Å²) >= 11 is 0. The molecule has 4 rings (SSSR count). The summed E-state index contributed by atoms with van der Waals surface area (Å²) in [5, 5.41) is 3.14. The van der Waals surface area contributed by atoms with Crippen molar-refractivity contribution in [2.75, 3.05) is 17.5 Å². The van der Waals surface area contributed by atoms with Crippen molar-refractivity contribution in [3.8, 4) is 5.75 Å². The molecule has 0 aromatic heterocycles. The molecule has 1 aliphatic carbocycles. The average molecular weight is 592 g/mol. The van der Waals surface area contributed by atoms with Gasteiger partial charge in [0, 0.05) is 12.6 Å². The van der Waals surface area contributed by atoms with Gasteiger partial charge < -0.3 is 15.0 Å². The van der Waals surface area contributed by atoms with Gasteiger partial charge in [-0.05, 0) is 75.1 Å². The summed E-state index contributed by atoms with van der Waals surface area (Å²) < 4.78 is 34.7. The van der Waals surface area contributed by atoms with E-state index >= 15 is 0 Å². The maximum Gasteiger partial charge on any atom is 0.264 e. The molecule has 1 aliphatic rings. The van der Waals surface area contributed by atoms with Crippen LogP contribution in [0.4, 0.5) is 5.69 Å². The summed E-state index contributed by atoms with van der Waals surface area (Å²) in [7, 11) is -4.14. The number of ether oxygens (including phenoxy) is 1. The van der Waals surface area contributed by atoms with Crippen LogP contribution in [-0.2, 0) is 26.2 Å². The molecule has 0 bridgehead atoms. The molecular weight excluding hydrogens is 550 g/mol. The monoisotopic (exact) mass is 591 g/mol. The van der Waals surface area contributed by atoms with E-state index in [4.69, 9.17) is 4.74 Å². The van der Waals surface area contributed by atoms with Crippen molar-refractivity contribution >= 4 is 27.5 Å². The number of nitrogens with zero attached hydrogens (tertiary/aromatic N) is 2. The summed E-state index contributed by atoms with van der Waals surface area (Å²) in [6.07, 6.45) is 4.40. The Labute approximate surface area is 249 Å². The highest BCUT2D eigenvalue weighted by atomic mass is 32.2. The Balaban J connectivity index is 1.69. The molecule has 9 heteroatoms. The predicted molar refractivity (Wildman–Crippen MR) is 165 cm³/mol. The van der Waals surface area contributed by atoms with E-state index in [1.165, 1.54) is 17.0 Å². The summed E-state index contributed by atoms with van der Waals surface area (Å²) in [5.41, 5.74) is 2.18. The Bertz CT molecular complexity index is 1420. The minimum atomic E-state index is -4.14. The molecule has 0 radical (unpaired) electrons. The molecule has 224 valence electrons. The highest BCUT2D eigenvalue weighted by molar-refractivity contribution is 7.92. The van der Waals surface area contributed by atoms with Crippen LogP contribution >= 0.6 is 0 Å². The van der Waals surface area contributed by atoms with Gasteiger partial charge >= 0.3 is 0 Å². The number of carbonyl (C=O) groups is 2. The smallest absolute Gasteiger partial charge is 0.264 e. The number of hydrogen-bond donors (Lipinski definition) is 1. The normalized spacial score (nSPS) is 14.3. The molecule has 3 aromatic rings. The Kier molecular flexibility index (Phi) is 10.6. The fourth-order valence-corrected chi connectivity index (χ4v) is 6.72. The number of carbonyl (C=O) groups excluding carboxylic acids is 2. The second-order valence-corrected chi connectivity index (χ2v) is 12.5. The van der Waals surface area contributed by atoms with E-state index < -0.39 is 28.5 Å². The quantitative estimate of drug-likeness (QED) is 0.285. The average Bonchev–Trinajstić information content (AvgIpc) is 3.50. The minimum absolute atomic E-state index is 0.0416. The molecule has 1 N–H and O–H groups in total. The SMILES string of the molecule is CCOc1ccc(S(=O)(=O)N(CC(=O)N(Cc2ccccc2)[C@H](CC)C(=O)NC2CCCC2)c2ccc(C)cc2)cc1. The van der Waals surface area contributed by atoms with Gasteiger partial charge in [-0.1, -0.05) is 67.8 Å². The molecule has 0 unspecified atom stereocenters. The second kappa shape index (κ2) is 14.4. The number of rotatable bonds is 13. The lowest BCUT2D eigenvalue weighted by molar-refractivity contribution is -0.140. The molecule has 3 aromatic carbocycles. The molecule has 0 saturated heterocycles. The van der Waals surface area contributed by atoms with Crippen molar-refractivity contribution in [1.29, 1.82) is 0 Å². The van der Waals surface area contributed by atoms with Gasteiger partial charge in [0.25, 0.3) is 10.0 Å². The predicted octanol–water partition coefficient (Wildman–Crippen LogP) is 5.46. The molecule has 1 fully saturated rings. The van der Waals surface area contributed by atoms with E-state index in [2.05, 4.69) is 5.32 Å². The minimum Gasteiger partial charge on any atom is -0.494 e. The maximum atomic E-state index is 14.2. The molecule has 1 atom stereocenters. The van der Waals surface area contributed by atoms with Gasteiger partial charge in [-0.3, -0.25) is 13.9 Å². The number of sulfonamides is 1. The van der Waals surface area contributed by atoms with Crippen LogP contribution in [0.5, 0.6) is 5.75 Å². The number of anilines is 1. The highest BCUT2D eigenvalue weighted by Gasteiger charge is 2.34. The molecule has 42 heavy (non-hydrogen) atoms. The van der Waals surface area contributed by atoms with Gasteiger partial charge in [0.1, 0.15) is 18.3 Å². The topological polar surface area (TPSA) is 96.0 Å². The van der Waals surface area contributed by atoms with Crippen LogP contribution in [0.1, 0.15) is 57.1 Å². The first-order chi connectivity index (χ1) is 20.2. The van der Waals surface area contributed by atoms with Crippen LogP contribution in [0.15, 0.2) is 83.8 Å². The standard InChI is InChI=1S/C33H41N3O5S/c1-4-31(33(38)34-27-13-9-10-14-27)35(23-26-11-7-6-8-12-26)32(37)24-36(28-17-15-25(3)16-18-28)42(39,40)30-21-19-29(20-22-30)41-5-2/h6-8,11-12,15-22,27,31H,4-5,9-10,13-14,23-24H2,1-3H3,(H,34,38)/t31-/m1/s1. The molecule has 2 amide bonds. The van der Waals surface area contributed by atoms with Gasteiger partial charge in [0.05, 0.1) is 17.2 Å². The van der Waals surface area contributed by atoms with Gasteiger partial charge in [-0.2, -0.15) is 0 Å². The summed E-state index contributed by atoms with van der Waals surface area (Å²) in [5.74, 6) is -0.102. The Hall–Kier alpha value is -3.85. The fraction of sp³-hybridized carbons (Fsp3) is 0.394. The van der Waals surface area contributed by atoms with Crippen molar-refractivity contribution in [2.24, 2.45) is 0 Å². The molecule has 8 nitrogen and oxygen atoms in total. The largest absolute Gasteiger partial charge is 0.494 e. The van der Waals surface area contributed by atoms with E-state index in [1.54, 1.807) is 24.3 Å². The van der Waals surface area contributed by atoms with E-state index in [0.29, 0.717) is 24.5 Å². The van der Waals surface area contributed by atoms with Crippen LogP contribution < -0.4 is 14.4 Å². The maximum absolute atomic E-state index is 14.2. The summed E-state index contributed by atoms with van der Waals surface area (Å²) in [4.78, 5) is 29.3. The number of amides is 2. The van der Waals surface area contributed by atoms with Crippen molar-refractivity contribution < 1.29 is 22.7 Å². The Morgan fingerprint density at radius 3 is 2.17 bits per heavy atom. The second-order valence-electron chi connectivity index (χ2n) is 10.7. The Morgan fingerprint density at radius 2 is 1.57 bits per heavy atom. The molecular formula is C33H41N3O5S. The fourth-order valence-electron chi connectivity index (χ4n) is 5.31. The van der Waals surface area contributed by atoms with Crippen molar-refractivity contribution in [2.45, 2.75) is 76.4 Å². The zero-order chi connectivity index (χ0) is 30.1. The van der Waals surface area contributed by atoms with E-state index in [-0.39, 0.29) is 23.4 Å². The molecule has 1 saturated carbocycles. The molecule has 0 spiro atoms. The molecule has 0 heterocycles. The van der Waals surface area contributed by atoms with Crippen LogP contribution in [0, 0.1) is 6.92 Å². The third kappa shape index (κ3) is 7.70. The van der Waals surface area contributed by atoms with E-state index in [1.807, 2.05) is 63.2 Å². The van der Waals surface area contributed by atoms with Crippen molar-refractivity contribution in [3.05, 3.63) is 90.0 Å². The zero-order valence-corrected chi connectivity index (χ0v) is 25.5. The van der Waals surface area contributed by atoms with Crippen molar-refractivity contribution in [3.63, 3.8) is 0 Å². The van der Waals surface area contributed by atoms with Gasteiger partial charge in [0.15, 0.2) is 0 Å². The van der Waals surface area contributed by atoms with Gasteiger partial charge in [-0.25, -0.2) is 8.42 Å². The lowest BCUT2D eigenvalue weighted by atomic mass is 10.1. The van der Waals surface area contributed by atoms with E-state index in [9.17, 15) is 18.0 Å². The van der Waals surface area contributed by atoms with E-state index in [0.717, 1.165) is 41.1 Å². The number of aryl methyl sites for hydroxylation is 1. The Morgan fingerprint density at radius 1 is 0.929 bits per heavy atom. The van der Waals surface area contributed by atoms with Crippen LogP contribution in [-0.4, -0.2) is 50.4 Å². The van der Waals surface area contributed by atoms with Crippen LogP contribution in [0.2, 0.25) is 0 Å². The van der Waals surface area contributed by atoms with Crippen molar-refractivity contribution in [1.82, 2.24) is 10.2 Å². The first-order valence-corrected chi connectivity index (χ1v) is 16.1. The van der Waals surface area contributed by atoms with Gasteiger partial charge in [-0.15, -0.1) is 0 Å². The summed E-state index contributed by atoms with van der Waals surface area (Å²) in [6.45, 7) is 5.82. The lowest BCUT2D eigenvalue weighted by Gasteiger charge is -2.33. The highest BCUT2D eigenvalue weighted by Crippen LogP contribution is 2.27. The third-order valence-corrected chi connectivity index (χ3v) is 9.39. The first kappa shape index (κ1) is 31.1.